The smallest absolute Gasteiger partial charge is 0.333 e. The molecule has 2 amide bonds. The Morgan fingerprint density at radius 3 is 1.57 bits per heavy atom. The summed E-state index contributed by atoms with van der Waals surface area (Å²) in [4.78, 5) is 48.1. The van der Waals surface area contributed by atoms with Crippen LogP contribution in [0.3, 0.4) is 0 Å². The van der Waals surface area contributed by atoms with Crippen molar-refractivity contribution >= 4 is 23.8 Å². The van der Waals surface area contributed by atoms with Crippen molar-refractivity contribution in [2.24, 2.45) is 11.3 Å². The highest BCUT2D eigenvalue weighted by molar-refractivity contribution is 5.87. The minimum absolute atomic E-state index is 0. The lowest BCUT2D eigenvalue weighted by Crippen LogP contribution is -2.36. The molecule has 4 atom stereocenters. The molecule has 0 aromatic rings. The average Bonchev–Trinajstić information content (AvgIpc) is 3.75. The Morgan fingerprint density at radius 1 is 0.905 bits per heavy atom. The van der Waals surface area contributed by atoms with Crippen molar-refractivity contribution in [3.05, 3.63) is 24.8 Å². The average molecular weight is 609 g/mol. The number of esters is 2. The monoisotopic (exact) mass is 608 g/mol. The maximum absolute atomic E-state index is 12.2. The number of amides is 2. The van der Waals surface area contributed by atoms with Gasteiger partial charge in [-0.15, -0.1) is 0 Å². The lowest BCUT2D eigenvalue weighted by Gasteiger charge is -2.29. The van der Waals surface area contributed by atoms with Crippen molar-refractivity contribution in [1.82, 2.24) is 9.80 Å². The molecule has 0 aliphatic carbocycles. The molecule has 2 rings (SSSR count). The van der Waals surface area contributed by atoms with Gasteiger partial charge in [0, 0.05) is 39.7 Å². The molecule has 0 aromatic heterocycles. The van der Waals surface area contributed by atoms with Crippen molar-refractivity contribution in [3.8, 4) is 0 Å². The minimum Gasteiger partial charge on any atom is -0.462 e. The number of hydrogen-bond donors (Lipinski definition) is 0. The predicted octanol–water partition coefficient (Wildman–Crippen LogP) is 6.04. The molecule has 2 aliphatic rings. The van der Waals surface area contributed by atoms with Gasteiger partial charge in [-0.3, -0.25) is 14.4 Å². The molecule has 0 radical (unpaired) electrons. The van der Waals surface area contributed by atoms with Gasteiger partial charge in [-0.2, -0.15) is 0 Å². The predicted molar refractivity (Wildman–Crippen MR) is 176 cm³/mol. The largest absolute Gasteiger partial charge is 0.462 e. The van der Waals surface area contributed by atoms with Crippen molar-refractivity contribution in [2.45, 2.75) is 97.3 Å². The molecular formula is C32H68N2O8. The van der Waals surface area contributed by atoms with Gasteiger partial charge in [-0.05, 0) is 32.8 Å². The van der Waals surface area contributed by atoms with E-state index in [0.717, 1.165) is 0 Å². The molecule has 2 heterocycles. The summed E-state index contributed by atoms with van der Waals surface area (Å²) in [6.45, 7) is 16.1. The molecule has 42 heavy (non-hydrogen) atoms. The zero-order valence-corrected chi connectivity index (χ0v) is 23.1. The lowest BCUT2D eigenvalue weighted by atomic mass is 9.79. The molecule has 0 N–H and O–H groups in total. The van der Waals surface area contributed by atoms with Gasteiger partial charge in [0.05, 0.1) is 18.6 Å². The van der Waals surface area contributed by atoms with Gasteiger partial charge >= 0.3 is 11.9 Å². The van der Waals surface area contributed by atoms with E-state index in [1.165, 1.54) is 11.0 Å². The maximum Gasteiger partial charge on any atom is 0.333 e. The molecule has 2 saturated heterocycles. The van der Waals surface area contributed by atoms with Crippen LogP contribution in [0.5, 0.6) is 0 Å². The van der Waals surface area contributed by atoms with Crippen LogP contribution in [-0.2, 0) is 38.1 Å². The second-order valence-corrected chi connectivity index (χ2v) is 9.58. The van der Waals surface area contributed by atoms with Gasteiger partial charge < -0.3 is 28.7 Å². The highest BCUT2D eigenvalue weighted by Crippen LogP contribution is 2.32. The highest BCUT2D eigenvalue weighted by atomic mass is 16.6. The van der Waals surface area contributed by atoms with Crippen molar-refractivity contribution < 1.29 is 38.1 Å². The van der Waals surface area contributed by atoms with E-state index in [-0.39, 0.29) is 86.4 Å². The number of hydrogen-bond acceptors (Lipinski definition) is 8. The van der Waals surface area contributed by atoms with Crippen molar-refractivity contribution in [3.63, 3.8) is 0 Å². The zero-order chi connectivity index (χ0) is 28.1. The minimum atomic E-state index is -0.611. The van der Waals surface area contributed by atoms with Crippen molar-refractivity contribution in [2.75, 3.05) is 54.6 Å². The summed E-state index contributed by atoms with van der Waals surface area (Å²) < 4.78 is 19.9. The number of epoxide rings is 2. The van der Waals surface area contributed by atoms with Crippen LogP contribution < -0.4 is 0 Å². The summed E-state index contributed by atoms with van der Waals surface area (Å²) >= 11 is 0. The first-order valence-electron chi connectivity index (χ1n) is 12.0. The highest BCUT2D eigenvalue weighted by Gasteiger charge is 2.37. The molecule has 10 heteroatoms. The van der Waals surface area contributed by atoms with E-state index in [1.807, 2.05) is 20.8 Å². The van der Waals surface area contributed by atoms with Crippen LogP contribution in [0.25, 0.3) is 0 Å². The Bertz CT molecular complexity index is 774. The normalized spacial score (nSPS) is 16.6. The summed E-state index contributed by atoms with van der Waals surface area (Å²) in [5.74, 6) is -0.776. The third-order valence-electron chi connectivity index (χ3n) is 5.46. The van der Waals surface area contributed by atoms with E-state index in [2.05, 4.69) is 13.2 Å². The SMILES string of the molecule is C.C.C.C.C.C.C=C(C)C(=O)OCC1CO1.C=CC(=O)N(C)C.CCC(C)(CC(C)C(=O)N(C)C)C(=O)OCC1CO1. The Kier molecular flexibility index (Phi) is 35.7. The Labute approximate surface area is 259 Å². The number of carbonyl (C=O) groups is 4. The first kappa shape index (κ1) is 55.2. The van der Waals surface area contributed by atoms with E-state index < -0.39 is 5.41 Å². The molecule has 0 saturated carbocycles. The number of nitrogens with zero attached hydrogens (tertiary/aromatic N) is 2. The molecular weight excluding hydrogens is 540 g/mol. The fourth-order valence-electron chi connectivity index (χ4n) is 2.72. The summed E-state index contributed by atoms with van der Waals surface area (Å²) in [5.41, 5.74) is -0.180. The molecule has 4 unspecified atom stereocenters. The summed E-state index contributed by atoms with van der Waals surface area (Å²) in [6.07, 6.45) is 2.65. The summed E-state index contributed by atoms with van der Waals surface area (Å²) in [6, 6.07) is 0. The number of ether oxygens (including phenoxy) is 4. The van der Waals surface area contributed by atoms with Crippen molar-refractivity contribution in [1.29, 1.82) is 0 Å². The number of carbonyl (C=O) groups excluding carboxylic acids is 4. The van der Waals surface area contributed by atoms with E-state index in [0.29, 0.717) is 44.8 Å². The van der Waals surface area contributed by atoms with Crippen LogP contribution in [0.4, 0.5) is 0 Å². The standard InChI is InChI=1S/C14H25NO4.C7H10O3.C5H9NO.6CH4/c1-6-14(3,7-10(2)12(16)15(4)5)13(17)19-9-11-8-18-11;1-5(2)7(8)10-4-6-3-9-6;1-4-5(7)6(2)3;;;;;;/h10-11H,6-9H2,1-5H3;6H,1,3-4H2,2H3;4H,1H2,2-3H3;6*1H4. The van der Waals surface area contributed by atoms with E-state index in [4.69, 9.17) is 18.9 Å². The maximum atomic E-state index is 12.2. The molecule has 0 bridgehead atoms. The quantitative estimate of drug-likeness (QED) is 0.158. The summed E-state index contributed by atoms with van der Waals surface area (Å²) in [5, 5.41) is 0. The lowest BCUT2D eigenvalue weighted by molar-refractivity contribution is -0.157. The van der Waals surface area contributed by atoms with Gasteiger partial charge in [-0.1, -0.05) is 71.6 Å². The molecule has 2 fully saturated rings. The van der Waals surface area contributed by atoms with Crippen LogP contribution in [0, 0.1) is 11.3 Å². The van der Waals surface area contributed by atoms with Crippen LogP contribution in [-0.4, -0.2) is 100 Å². The fourth-order valence-corrected chi connectivity index (χ4v) is 2.72. The van der Waals surface area contributed by atoms with Crippen LogP contribution in [0.1, 0.15) is 85.1 Å². The van der Waals surface area contributed by atoms with E-state index in [9.17, 15) is 19.2 Å². The first-order valence-corrected chi connectivity index (χ1v) is 12.0. The Balaban J connectivity index is -0.0000000917. The topological polar surface area (TPSA) is 118 Å². The fraction of sp³-hybridized carbons (Fsp3) is 0.750. The van der Waals surface area contributed by atoms with E-state index >= 15 is 0 Å². The van der Waals surface area contributed by atoms with Gasteiger partial charge in [0.1, 0.15) is 25.4 Å². The van der Waals surface area contributed by atoms with Crippen LogP contribution in [0.15, 0.2) is 24.8 Å². The van der Waals surface area contributed by atoms with Gasteiger partial charge in [0.25, 0.3) is 0 Å². The second-order valence-electron chi connectivity index (χ2n) is 9.58. The molecule has 2 aliphatic heterocycles. The second kappa shape index (κ2) is 27.1. The Morgan fingerprint density at radius 2 is 1.31 bits per heavy atom. The van der Waals surface area contributed by atoms with Gasteiger partial charge in [0.2, 0.25) is 11.8 Å². The van der Waals surface area contributed by atoms with E-state index in [1.54, 1.807) is 40.0 Å². The van der Waals surface area contributed by atoms with Gasteiger partial charge in [-0.25, -0.2) is 4.79 Å². The van der Waals surface area contributed by atoms with Crippen LogP contribution >= 0.6 is 0 Å². The molecule has 10 nitrogen and oxygen atoms in total. The van der Waals surface area contributed by atoms with Gasteiger partial charge in [0.15, 0.2) is 0 Å². The molecule has 0 aromatic carbocycles. The third-order valence-corrected chi connectivity index (χ3v) is 5.46. The Hall–Kier alpha value is -2.72. The third kappa shape index (κ3) is 23.9. The van der Waals surface area contributed by atoms with Crippen LogP contribution in [0.2, 0.25) is 0 Å². The molecule has 0 spiro atoms. The number of likely N-dealkylation sites (N-methyl/N-ethyl adjacent to an activating group) is 1. The summed E-state index contributed by atoms with van der Waals surface area (Å²) in [7, 11) is 6.82. The number of rotatable bonds is 11. The zero-order valence-electron chi connectivity index (χ0n) is 23.1. The molecule has 254 valence electrons. The first-order chi connectivity index (χ1) is 16.7.